The van der Waals surface area contributed by atoms with Crippen molar-refractivity contribution in [3.05, 3.63) is 29.8 Å². The van der Waals surface area contributed by atoms with E-state index in [2.05, 4.69) is 48.7 Å². The molecule has 0 aliphatic heterocycles. The van der Waals surface area contributed by atoms with Crippen LogP contribution in [0.15, 0.2) is 29.2 Å². The highest BCUT2D eigenvalue weighted by Gasteiger charge is 2.04. The molecular weight excluding hydrogens is 268 g/mol. The average Bonchev–Trinajstić information content (AvgIpc) is 2.36. The molecule has 0 aromatic heterocycles. The first-order valence-corrected chi connectivity index (χ1v) is 8.17. The summed E-state index contributed by atoms with van der Waals surface area (Å²) in [6.45, 7) is 10.3. The minimum absolute atomic E-state index is 0.0911. The van der Waals surface area contributed by atoms with E-state index in [-0.39, 0.29) is 11.9 Å². The number of carbonyl (C=O) groups excluding carboxylic acids is 1. The van der Waals surface area contributed by atoms with E-state index in [0.717, 1.165) is 18.0 Å². The molecular formula is C16H26N2OS. The molecule has 1 amide bonds. The Hall–Kier alpha value is -1.00. The van der Waals surface area contributed by atoms with E-state index >= 15 is 0 Å². The average molecular weight is 294 g/mol. The number of rotatable bonds is 8. The first kappa shape index (κ1) is 17.1. The fraction of sp³-hybridized carbons (Fsp3) is 0.562. The van der Waals surface area contributed by atoms with Gasteiger partial charge in [0.25, 0.3) is 0 Å². The van der Waals surface area contributed by atoms with Crippen LogP contribution in [0.5, 0.6) is 0 Å². The van der Waals surface area contributed by atoms with Gasteiger partial charge in [0.15, 0.2) is 0 Å². The number of amides is 1. The summed E-state index contributed by atoms with van der Waals surface area (Å²) >= 11 is 1.58. The molecule has 3 nitrogen and oxygen atoms in total. The van der Waals surface area contributed by atoms with Crippen molar-refractivity contribution in [3.8, 4) is 0 Å². The van der Waals surface area contributed by atoms with Gasteiger partial charge in [0, 0.05) is 17.5 Å². The first-order chi connectivity index (χ1) is 9.47. The molecule has 0 saturated carbocycles. The van der Waals surface area contributed by atoms with Gasteiger partial charge >= 0.3 is 0 Å². The van der Waals surface area contributed by atoms with Gasteiger partial charge in [-0.25, -0.2) is 0 Å². The van der Waals surface area contributed by atoms with Crippen molar-refractivity contribution in [2.75, 3.05) is 12.3 Å². The molecule has 0 unspecified atom stereocenters. The highest BCUT2D eigenvalue weighted by atomic mass is 32.2. The van der Waals surface area contributed by atoms with E-state index in [0.29, 0.717) is 11.7 Å². The van der Waals surface area contributed by atoms with E-state index in [1.165, 1.54) is 5.56 Å². The Balaban J connectivity index is 2.41. The van der Waals surface area contributed by atoms with Gasteiger partial charge in [-0.3, -0.25) is 4.79 Å². The Morgan fingerprint density at radius 1 is 1.25 bits per heavy atom. The van der Waals surface area contributed by atoms with Gasteiger partial charge in [-0.05, 0) is 44.0 Å². The molecule has 1 aromatic rings. The van der Waals surface area contributed by atoms with Crippen LogP contribution in [0.3, 0.4) is 0 Å². The molecule has 1 aromatic carbocycles. The van der Waals surface area contributed by atoms with Crippen molar-refractivity contribution in [1.29, 1.82) is 0 Å². The van der Waals surface area contributed by atoms with Gasteiger partial charge in [0.05, 0.1) is 5.75 Å². The fourth-order valence-electron chi connectivity index (χ4n) is 1.76. The predicted octanol–water partition coefficient (Wildman–Crippen LogP) is 3.05. The second kappa shape index (κ2) is 9.03. The molecule has 0 fully saturated rings. The van der Waals surface area contributed by atoms with Crippen LogP contribution in [-0.2, 0) is 11.3 Å². The van der Waals surface area contributed by atoms with Crippen molar-refractivity contribution in [2.45, 2.75) is 45.2 Å². The summed E-state index contributed by atoms with van der Waals surface area (Å²) in [5.41, 5.74) is 1.26. The number of thioether (sulfide) groups is 1. The quantitative estimate of drug-likeness (QED) is 0.724. The number of benzene rings is 1. The fourth-order valence-corrected chi connectivity index (χ4v) is 2.55. The van der Waals surface area contributed by atoms with E-state index in [4.69, 9.17) is 0 Å². The van der Waals surface area contributed by atoms with Crippen molar-refractivity contribution < 1.29 is 4.79 Å². The second-order valence-corrected chi connectivity index (χ2v) is 6.73. The zero-order valence-corrected chi connectivity index (χ0v) is 13.7. The van der Waals surface area contributed by atoms with Crippen LogP contribution in [-0.4, -0.2) is 24.2 Å². The Bertz CT molecular complexity index is 419. The monoisotopic (exact) mass is 294 g/mol. The largest absolute Gasteiger partial charge is 0.353 e. The van der Waals surface area contributed by atoms with Crippen molar-refractivity contribution >= 4 is 17.7 Å². The van der Waals surface area contributed by atoms with Gasteiger partial charge in [-0.15, -0.1) is 11.8 Å². The summed E-state index contributed by atoms with van der Waals surface area (Å²) in [5.74, 6) is 1.22. The maximum absolute atomic E-state index is 11.6. The molecule has 0 aliphatic carbocycles. The van der Waals surface area contributed by atoms with Crippen LogP contribution in [0.1, 0.15) is 33.3 Å². The molecule has 0 heterocycles. The highest BCUT2D eigenvalue weighted by Crippen LogP contribution is 2.19. The minimum atomic E-state index is 0.0911. The molecule has 20 heavy (non-hydrogen) atoms. The summed E-state index contributed by atoms with van der Waals surface area (Å²) in [5, 5.41) is 6.33. The number of carbonyl (C=O) groups is 1. The Morgan fingerprint density at radius 3 is 2.65 bits per heavy atom. The molecule has 0 radical (unpaired) electrons. The lowest BCUT2D eigenvalue weighted by atomic mass is 10.2. The van der Waals surface area contributed by atoms with E-state index in [9.17, 15) is 4.79 Å². The second-order valence-electron chi connectivity index (χ2n) is 5.68. The van der Waals surface area contributed by atoms with Gasteiger partial charge in [-0.2, -0.15) is 0 Å². The first-order valence-electron chi connectivity index (χ1n) is 7.19. The summed E-state index contributed by atoms with van der Waals surface area (Å²) in [4.78, 5) is 12.8. The Labute approximate surface area is 126 Å². The number of hydrogen-bond acceptors (Lipinski definition) is 3. The standard InChI is InChI=1S/C16H26N2OS/c1-12(2)9-17-10-14-6-5-7-15(8-14)20-11-16(19)18-13(3)4/h5-8,12-13,17H,9-11H2,1-4H3,(H,18,19). The normalized spacial score (nSPS) is 11.1. The molecule has 0 bridgehead atoms. The van der Waals surface area contributed by atoms with Crippen LogP contribution in [0.4, 0.5) is 0 Å². The minimum Gasteiger partial charge on any atom is -0.353 e. The molecule has 0 atom stereocenters. The van der Waals surface area contributed by atoms with Crippen LogP contribution in [0.25, 0.3) is 0 Å². The summed E-state index contributed by atoms with van der Waals surface area (Å²) in [6.07, 6.45) is 0. The lowest BCUT2D eigenvalue weighted by Crippen LogP contribution is -2.31. The molecule has 0 saturated heterocycles. The molecule has 112 valence electrons. The topological polar surface area (TPSA) is 41.1 Å². The third kappa shape index (κ3) is 7.56. The molecule has 1 rings (SSSR count). The van der Waals surface area contributed by atoms with Gasteiger partial charge in [0.1, 0.15) is 0 Å². The lowest BCUT2D eigenvalue weighted by Gasteiger charge is -2.10. The lowest BCUT2D eigenvalue weighted by molar-refractivity contribution is -0.119. The van der Waals surface area contributed by atoms with Crippen LogP contribution < -0.4 is 10.6 Å². The summed E-state index contributed by atoms with van der Waals surface area (Å²) in [7, 11) is 0. The van der Waals surface area contributed by atoms with E-state index in [1.54, 1.807) is 11.8 Å². The summed E-state index contributed by atoms with van der Waals surface area (Å²) in [6, 6.07) is 8.58. The van der Waals surface area contributed by atoms with Gasteiger partial charge < -0.3 is 10.6 Å². The van der Waals surface area contributed by atoms with Crippen LogP contribution >= 0.6 is 11.8 Å². The van der Waals surface area contributed by atoms with Crippen LogP contribution in [0.2, 0.25) is 0 Å². The zero-order valence-electron chi connectivity index (χ0n) is 12.9. The van der Waals surface area contributed by atoms with Crippen LogP contribution in [0, 0.1) is 5.92 Å². The molecule has 2 N–H and O–H groups in total. The van der Waals surface area contributed by atoms with Crippen molar-refractivity contribution in [2.24, 2.45) is 5.92 Å². The maximum atomic E-state index is 11.6. The number of hydrogen-bond donors (Lipinski definition) is 2. The molecule has 4 heteroatoms. The SMILES string of the molecule is CC(C)CNCc1cccc(SCC(=O)NC(C)C)c1. The Kier molecular flexibility index (Phi) is 7.70. The summed E-state index contributed by atoms with van der Waals surface area (Å²) < 4.78 is 0. The highest BCUT2D eigenvalue weighted by molar-refractivity contribution is 8.00. The predicted molar refractivity (Wildman–Crippen MR) is 87.0 cm³/mol. The van der Waals surface area contributed by atoms with Gasteiger partial charge in [-0.1, -0.05) is 26.0 Å². The smallest absolute Gasteiger partial charge is 0.230 e. The van der Waals surface area contributed by atoms with E-state index in [1.807, 2.05) is 13.8 Å². The van der Waals surface area contributed by atoms with Crippen molar-refractivity contribution in [3.63, 3.8) is 0 Å². The molecule has 0 aliphatic rings. The Morgan fingerprint density at radius 2 is 2.00 bits per heavy atom. The van der Waals surface area contributed by atoms with Crippen molar-refractivity contribution in [1.82, 2.24) is 10.6 Å². The van der Waals surface area contributed by atoms with E-state index < -0.39 is 0 Å². The van der Waals surface area contributed by atoms with Gasteiger partial charge in [0.2, 0.25) is 5.91 Å². The number of nitrogens with one attached hydrogen (secondary N) is 2. The zero-order chi connectivity index (χ0) is 15.0. The third-order valence-corrected chi connectivity index (χ3v) is 3.59. The molecule has 0 spiro atoms. The maximum Gasteiger partial charge on any atom is 0.230 e. The third-order valence-electron chi connectivity index (χ3n) is 2.60.